The van der Waals surface area contributed by atoms with E-state index < -0.39 is 16.0 Å². The van der Waals surface area contributed by atoms with Gasteiger partial charge in [-0.2, -0.15) is 4.31 Å². The second-order valence-electron chi connectivity index (χ2n) is 7.88. The molecule has 0 aromatic heterocycles. The maximum Gasteiger partial charge on any atom is 0.338 e. The van der Waals surface area contributed by atoms with Crippen LogP contribution in [0.1, 0.15) is 47.1 Å². The predicted octanol–water partition coefficient (Wildman–Crippen LogP) is 3.71. The monoisotopic (exact) mass is 495 g/mol. The lowest BCUT2D eigenvalue weighted by molar-refractivity contribution is -0.0440. The third kappa shape index (κ3) is 5.73. The van der Waals surface area contributed by atoms with Gasteiger partial charge < -0.3 is 14.2 Å². The largest absolute Gasteiger partial charge is 0.496 e. The standard InChI is InChI=1S/C23H26ClNO7S/c1-14-11-25(12-15(2)32-14)33(28,29)22-10-18(5-7-20(22)24)23(27)31-13-19-9-17(16(3)26)6-8-21(19)30-4/h5-10,14-15H,11-13H2,1-4H3. The van der Waals surface area contributed by atoms with Gasteiger partial charge in [0.15, 0.2) is 5.78 Å². The Balaban J connectivity index is 1.83. The third-order valence-electron chi connectivity index (χ3n) is 5.22. The van der Waals surface area contributed by atoms with E-state index in [1.807, 2.05) is 0 Å². The van der Waals surface area contributed by atoms with Crippen molar-refractivity contribution < 1.29 is 32.2 Å². The molecule has 1 fully saturated rings. The molecule has 33 heavy (non-hydrogen) atoms. The van der Waals surface area contributed by atoms with Crippen LogP contribution in [0.15, 0.2) is 41.3 Å². The van der Waals surface area contributed by atoms with E-state index >= 15 is 0 Å². The van der Waals surface area contributed by atoms with Gasteiger partial charge in [-0.1, -0.05) is 11.6 Å². The van der Waals surface area contributed by atoms with E-state index in [9.17, 15) is 18.0 Å². The number of halogens is 1. The number of rotatable bonds is 7. The Morgan fingerprint density at radius 1 is 1.09 bits per heavy atom. The Hall–Kier alpha value is -2.46. The minimum Gasteiger partial charge on any atom is -0.496 e. The summed E-state index contributed by atoms with van der Waals surface area (Å²) in [4.78, 5) is 24.2. The molecular weight excluding hydrogens is 470 g/mol. The fourth-order valence-electron chi connectivity index (χ4n) is 3.63. The molecule has 2 unspecified atom stereocenters. The maximum atomic E-state index is 13.2. The van der Waals surface area contributed by atoms with E-state index in [2.05, 4.69) is 0 Å². The number of esters is 1. The van der Waals surface area contributed by atoms with Crippen molar-refractivity contribution in [3.63, 3.8) is 0 Å². The third-order valence-corrected chi connectivity index (χ3v) is 7.53. The van der Waals surface area contributed by atoms with Crippen molar-refractivity contribution in [2.45, 2.75) is 44.5 Å². The molecule has 0 spiro atoms. The Morgan fingerprint density at radius 3 is 2.33 bits per heavy atom. The number of hydrogen-bond donors (Lipinski definition) is 0. The molecular formula is C23H26ClNO7S. The van der Waals surface area contributed by atoms with Crippen LogP contribution in [0.3, 0.4) is 0 Å². The number of benzene rings is 2. The van der Waals surface area contributed by atoms with Gasteiger partial charge in [0.1, 0.15) is 17.3 Å². The highest BCUT2D eigenvalue weighted by atomic mass is 35.5. The summed E-state index contributed by atoms with van der Waals surface area (Å²) in [6, 6.07) is 8.81. The van der Waals surface area contributed by atoms with E-state index in [1.54, 1.807) is 32.0 Å². The summed E-state index contributed by atoms with van der Waals surface area (Å²) in [5, 5.41) is 0.00850. The smallest absolute Gasteiger partial charge is 0.338 e. The molecule has 1 aliphatic heterocycles. The number of sulfonamides is 1. The van der Waals surface area contributed by atoms with Gasteiger partial charge in [-0.25, -0.2) is 13.2 Å². The summed E-state index contributed by atoms with van der Waals surface area (Å²) < 4.78 is 44.0. The molecule has 0 radical (unpaired) electrons. The van der Waals surface area contributed by atoms with Crippen LogP contribution in [0.2, 0.25) is 5.02 Å². The molecule has 0 aliphatic carbocycles. The lowest BCUT2D eigenvalue weighted by atomic mass is 10.1. The van der Waals surface area contributed by atoms with Crippen molar-refractivity contribution in [1.82, 2.24) is 4.31 Å². The van der Waals surface area contributed by atoms with Gasteiger partial charge in [0, 0.05) is 24.2 Å². The number of methoxy groups -OCH3 is 1. The lowest BCUT2D eigenvalue weighted by Crippen LogP contribution is -2.48. The summed E-state index contributed by atoms with van der Waals surface area (Å²) in [7, 11) is -2.48. The summed E-state index contributed by atoms with van der Waals surface area (Å²) in [5.74, 6) is -0.408. The van der Waals surface area contributed by atoms with Crippen LogP contribution in [0.4, 0.5) is 0 Å². The number of morpholine rings is 1. The van der Waals surface area contributed by atoms with Crippen molar-refractivity contribution in [1.29, 1.82) is 0 Å². The molecule has 10 heteroatoms. The van der Waals surface area contributed by atoms with Crippen LogP contribution in [-0.2, 0) is 26.1 Å². The summed E-state index contributed by atoms with van der Waals surface area (Å²) in [6.07, 6.45) is -0.535. The molecule has 0 amide bonds. The minimum absolute atomic E-state index is 0.00850. The summed E-state index contributed by atoms with van der Waals surface area (Å²) in [5.41, 5.74) is 1.00. The van der Waals surface area contributed by atoms with Crippen LogP contribution in [0, 0.1) is 0 Å². The topological polar surface area (TPSA) is 99.2 Å². The van der Waals surface area contributed by atoms with Gasteiger partial charge in [0.2, 0.25) is 10.0 Å². The molecule has 8 nitrogen and oxygen atoms in total. The first-order valence-corrected chi connectivity index (χ1v) is 12.1. The van der Waals surface area contributed by atoms with Crippen LogP contribution in [0.25, 0.3) is 0 Å². The Kier molecular flexibility index (Phi) is 7.79. The van der Waals surface area contributed by atoms with Crippen molar-refractivity contribution in [2.75, 3.05) is 20.2 Å². The zero-order chi connectivity index (χ0) is 24.3. The van der Waals surface area contributed by atoms with Crippen LogP contribution in [0.5, 0.6) is 5.75 Å². The van der Waals surface area contributed by atoms with Crippen LogP contribution in [-0.4, -0.2) is 56.9 Å². The fraction of sp³-hybridized carbons (Fsp3) is 0.391. The second kappa shape index (κ2) is 10.2. The van der Waals surface area contributed by atoms with E-state index in [0.717, 1.165) is 0 Å². The van der Waals surface area contributed by atoms with E-state index in [1.165, 1.54) is 36.5 Å². The molecule has 1 saturated heterocycles. The molecule has 1 heterocycles. The average molecular weight is 496 g/mol. The number of Topliss-reactive ketones (excluding diaryl/α,β-unsaturated/α-hetero) is 1. The fourth-order valence-corrected chi connectivity index (χ4v) is 5.72. The van der Waals surface area contributed by atoms with Gasteiger partial charge >= 0.3 is 5.97 Å². The SMILES string of the molecule is COc1ccc(C(C)=O)cc1COC(=O)c1ccc(Cl)c(S(=O)(=O)N2CC(C)OC(C)C2)c1. The van der Waals surface area contributed by atoms with Gasteiger partial charge in [-0.15, -0.1) is 0 Å². The van der Waals surface area contributed by atoms with Crippen molar-refractivity contribution in [3.05, 3.63) is 58.1 Å². The first-order chi connectivity index (χ1) is 15.5. The normalized spacial score (nSPS) is 19.2. The highest BCUT2D eigenvalue weighted by molar-refractivity contribution is 7.89. The molecule has 0 N–H and O–H groups in total. The zero-order valence-corrected chi connectivity index (χ0v) is 20.4. The first-order valence-electron chi connectivity index (χ1n) is 10.3. The Bertz CT molecular complexity index is 1160. The summed E-state index contributed by atoms with van der Waals surface area (Å²) >= 11 is 6.20. The maximum absolute atomic E-state index is 13.2. The van der Waals surface area contributed by atoms with Gasteiger partial charge in [0.25, 0.3) is 0 Å². The number of ether oxygens (including phenoxy) is 3. The molecule has 178 valence electrons. The molecule has 0 bridgehead atoms. The minimum atomic E-state index is -3.95. The number of nitrogens with zero attached hydrogens (tertiary/aromatic N) is 1. The lowest BCUT2D eigenvalue weighted by Gasteiger charge is -2.34. The van der Waals surface area contributed by atoms with Crippen molar-refractivity contribution in [2.24, 2.45) is 0 Å². The quantitative estimate of drug-likeness (QED) is 0.426. The second-order valence-corrected chi connectivity index (χ2v) is 10.2. The number of hydrogen-bond acceptors (Lipinski definition) is 7. The zero-order valence-electron chi connectivity index (χ0n) is 18.8. The molecule has 0 saturated carbocycles. The van der Waals surface area contributed by atoms with Gasteiger partial charge in [-0.05, 0) is 57.2 Å². The number of carbonyl (C=O) groups is 2. The molecule has 1 aliphatic rings. The van der Waals surface area contributed by atoms with Crippen molar-refractivity contribution >= 4 is 33.4 Å². The highest BCUT2D eigenvalue weighted by Gasteiger charge is 2.34. The predicted molar refractivity (Wildman–Crippen MR) is 122 cm³/mol. The van der Waals surface area contributed by atoms with Crippen molar-refractivity contribution in [3.8, 4) is 5.75 Å². The molecule has 3 rings (SSSR count). The van der Waals surface area contributed by atoms with E-state index in [4.69, 9.17) is 25.8 Å². The molecule has 2 atom stereocenters. The Morgan fingerprint density at radius 2 is 1.73 bits per heavy atom. The van der Waals surface area contributed by atoms with Gasteiger partial charge in [-0.3, -0.25) is 4.79 Å². The highest BCUT2D eigenvalue weighted by Crippen LogP contribution is 2.29. The molecule has 2 aromatic carbocycles. The average Bonchev–Trinajstić information content (AvgIpc) is 2.76. The first kappa shape index (κ1) is 25.2. The van der Waals surface area contributed by atoms with Gasteiger partial charge in [0.05, 0.1) is 29.9 Å². The summed E-state index contributed by atoms with van der Waals surface area (Å²) in [6.45, 7) is 5.23. The Labute approximate surface area is 198 Å². The number of carbonyl (C=O) groups excluding carboxylic acids is 2. The number of ketones is 1. The van der Waals surface area contributed by atoms with Crippen LogP contribution >= 0.6 is 11.6 Å². The van der Waals surface area contributed by atoms with E-state index in [-0.39, 0.29) is 53.2 Å². The van der Waals surface area contributed by atoms with Crippen LogP contribution < -0.4 is 4.74 Å². The van der Waals surface area contributed by atoms with E-state index in [0.29, 0.717) is 16.9 Å². The molecule has 2 aromatic rings.